The molecule has 5 amide bonds. The molecule has 2 aliphatic carbocycles. The summed E-state index contributed by atoms with van der Waals surface area (Å²) in [6.07, 6.45) is 3.78. The summed E-state index contributed by atoms with van der Waals surface area (Å²) < 4.78 is 50.3. The van der Waals surface area contributed by atoms with Crippen molar-refractivity contribution in [2.24, 2.45) is 11.3 Å². The standard InChI is InChI=1S/C36H47N5O11S/c1-6-22-17-36(22,32(44)39-53(47,48)24-11-12-24)38-30(42)26-16-23-19-41(26)31(43)29(35(2,3)4)37-33(45)51-15-9-7-8-14-50-28-25-20-40(34(46)52-23)18-21(25)10-13-27(28)49-5/h6-8,10,13,22-24,26,29H,1,9,11-12,14-20H2,2-5H3,(H,37,45)(H,38,42)(H,39,44)/b8-7+/t22-,23+,26?,29+,36-/m0/s1. The summed E-state index contributed by atoms with van der Waals surface area (Å²) >= 11 is 0. The Morgan fingerprint density at radius 1 is 1.11 bits per heavy atom. The Balaban J connectivity index is 1.28. The summed E-state index contributed by atoms with van der Waals surface area (Å²) in [5.41, 5.74) is -0.863. The van der Waals surface area contributed by atoms with E-state index in [4.69, 9.17) is 18.9 Å². The zero-order valence-corrected chi connectivity index (χ0v) is 31.2. The monoisotopic (exact) mass is 757 g/mol. The molecule has 17 heteroatoms. The number of nitrogens with zero attached hydrogens (tertiary/aromatic N) is 2. The second-order valence-electron chi connectivity index (χ2n) is 15.2. The van der Waals surface area contributed by atoms with Crippen LogP contribution in [0.25, 0.3) is 0 Å². The lowest BCUT2D eigenvalue weighted by atomic mass is 9.85. The van der Waals surface area contributed by atoms with Crippen molar-refractivity contribution in [3.05, 3.63) is 48.1 Å². The minimum atomic E-state index is -3.93. The Bertz CT molecular complexity index is 1820. The van der Waals surface area contributed by atoms with Crippen LogP contribution in [0.4, 0.5) is 9.59 Å². The number of methoxy groups -OCH3 is 1. The first-order valence-electron chi connectivity index (χ1n) is 17.7. The molecule has 5 aliphatic rings. The van der Waals surface area contributed by atoms with Crippen LogP contribution in [0.5, 0.6) is 11.5 Å². The highest BCUT2D eigenvalue weighted by atomic mass is 32.2. The van der Waals surface area contributed by atoms with Crippen molar-refractivity contribution in [1.29, 1.82) is 0 Å². The number of hydrogen-bond donors (Lipinski definition) is 3. The third-order valence-corrected chi connectivity index (χ3v) is 12.1. The minimum absolute atomic E-state index is 0.0181. The summed E-state index contributed by atoms with van der Waals surface area (Å²) in [6, 6.07) is 1.19. The Labute approximate surface area is 308 Å². The van der Waals surface area contributed by atoms with Crippen molar-refractivity contribution < 1.29 is 51.3 Å². The summed E-state index contributed by atoms with van der Waals surface area (Å²) in [6.45, 7) is 9.38. The molecule has 3 heterocycles. The fraction of sp³-hybridized carbons (Fsp3) is 0.583. The second kappa shape index (κ2) is 14.6. The van der Waals surface area contributed by atoms with E-state index in [1.54, 1.807) is 39.0 Å². The molecule has 0 radical (unpaired) electrons. The smallest absolute Gasteiger partial charge is 0.410 e. The number of rotatable bonds is 7. The third kappa shape index (κ3) is 7.94. The Hall–Kier alpha value is -4.80. The van der Waals surface area contributed by atoms with Gasteiger partial charge in [-0.1, -0.05) is 45.1 Å². The van der Waals surface area contributed by atoms with Gasteiger partial charge in [-0.3, -0.25) is 24.0 Å². The maximum atomic E-state index is 14.4. The molecule has 53 heavy (non-hydrogen) atoms. The van der Waals surface area contributed by atoms with Gasteiger partial charge < -0.3 is 34.5 Å². The molecular formula is C36H47N5O11S. The molecule has 3 fully saturated rings. The normalized spacial score (nSPS) is 28.4. The summed E-state index contributed by atoms with van der Waals surface area (Å²) in [7, 11) is -2.40. The first-order chi connectivity index (χ1) is 25.1. The molecule has 16 nitrogen and oxygen atoms in total. The van der Waals surface area contributed by atoms with Crippen molar-refractivity contribution in [1.82, 2.24) is 25.2 Å². The molecule has 1 aromatic carbocycles. The van der Waals surface area contributed by atoms with Crippen LogP contribution >= 0.6 is 0 Å². The first-order valence-corrected chi connectivity index (χ1v) is 19.3. The quantitative estimate of drug-likeness (QED) is 0.345. The van der Waals surface area contributed by atoms with Crippen molar-refractivity contribution in [3.8, 4) is 11.5 Å². The molecule has 2 saturated carbocycles. The van der Waals surface area contributed by atoms with Crippen LogP contribution in [0.1, 0.15) is 64.0 Å². The number of sulfonamides is 1. The predicted octanol–water partition coefficient (Wildman–Crippen LogP) is 2.27. The fourth-order valence-electron chi connectivity index (χ4n) is 6.99. The molecule has 6 rings (SSSR count). The van der Waals surface area contributed by atoms with E-state index in [-0.39, 0.29) is 45.7 Å². The average molecular weight is 758 g/mol. The van der Waals surface area contributed by atoms with Crippen LogP contribution in [-0.4, -0.2) is 104 Å². The van der Waals surface area contributed by atoms with E-state index in [1.165, 1.54) is 23.0 Å². The average Bonchev–Trinajstić information content (AvgIpc) is 3.99. The lowest BCUT2D eigenvalue weighted by Crippen LogP contribution is -2.60. The molecule has 0 spiro atoms. The largest absolute Gasteiger partial charge is 0.493 e. The van der Waals surface area contributed by atoms with Crippen LogP contribution in [0.3, 0.4) is 0 Å². The van der Waals surface area contributed by atoms with Gasteiger partial charge >= 0.3 is 12.2 Å². The topological polar surface area (TPSA) is 199 Å². The number of ether oxygens (including phenoxy) is 4. The number of amides is 5. The number of hydrogen-bond acceptors (Lipinski definition) is 11. The van der Waals surface area contributed by atoms with Crippen LogP contribution in [0.15, 0.2) is 36.9 Å². The number of nitrogens with one attached hydrogen (secondary N) is 3. The van der Waals surface area contributed by atoms with Crippen molar-refractivity contribution in [2.75, 3.05) is 26.9 Å². The van der Waals surface area contributed by atoms with Crippen LogP contribution in [-0.2, 0) is 47.0 Å². The Kier molecular flexibility index (Phi) is 10.4. The Morgan fingerprint density at radius 2 is 1.87 bits per heavy atom. The van der Waals surface area contributed by atoms with Gasteiger partial charge in [-0.15, -0.1) is 6.58 Å². The van der Waals surface area contributed by atoms with Gasteiger partial charge in [-0.05, 0) is 42.7 Å². The molecule has 4 bridgehead atoms. The molecule has 5 atom stereocenters. The predicted molar refractivity (Wildman–Crippen MR) is 189 cm³/mol. The van der Waals surface area contributed by atoms with E-state index in [0.717, 1.165) is 11.1 Å². The minimum Gasteiger partial charge on any atom is -0.493 e. The molecular weight excluding hydrogens is 710 g/mol. The SMILES string of the molecule is C=C[C@H]1C[C@@]1(NC(=O)C1C[C@@H]2CN1C(=O)[C@H](C(C)(C)C)NC(=O)OCC/C=C/COc1c(OC)ccc3c1CN(C3)C(=O)O2)C(=O)NS(=O)(=O)C1CC1. The number of carbonyl (C=O) groups is 5. The van der Waals surface area contributed by atoms with Crippen LogP contribution < -0.4 is 24.8 Å². The highest BCUT2D eigenvalue weighted by Crippen LogP contribution is 2.46. The fourth-order valence-corrected chi connectivity index (χ4v) is 8.36. The van der Waals surface area contributed by atoms with E-state index in [9.17, 15) is 32.4 Å². The lowest BCUT2D eigenvalue weighted by molar-refractivity contribution is -0.142. The van der Waals surface area contributed by atoms with E-state index in [0.29, 0.717) is 30.8 Å². The number of alkyl carbamates (subject to hydrolysis) is 1. The highest BCUT2D eigenvalue weighted by molar-refractivity contribution is 7.91. The van der Waals surface area contributed by atoms with Gasteiger partial charge in [0, 0.05) is 24.4 Å². The van der Waals surface area contributed by atoms with E-state index >= 15 is 0 Å². The molecule has 3 aliphatic heterocycles. The molecule has 3 N–H and O–H groups in total. The third-order valence-electron chi connectivity index (χ3n) is 10.3. The maximum absolute atomic E-state index is 14.4. The molecule has 0 aromatic heterocycles. The first kappa shape index (κ1) is 37.9. The van der Waals surface area contributed by atoms with Gasteiger partial charge in [0.05, 0.1) is 32.1 Å². The van der Waals surface area contributed by atoms with Gasteiger partial charge in [0.25, 0.3) is 5.91 Å². The molecule has 288 valence electrons. The van der Waals surface area contributed by atoms with Gasteiger partial charge in [-0.2, -0.15) is 0 Å². The van der Waals surface area contributed by atoms with E-state index in [2.05, 4.69) is 21.9 Å². The number of carbonyl (C=O) groups excluding carboxylic acids is 5. The molecule has 1 aromatic rings. The lowest BCUT2D eigenvalue weighted by Gasteiger charge is -2.35. The van der Waals surface area contributed by atoms with Crippen molar-refractivity contribution in [2.45, 2.75) is 94.9 Å². The summed E-state index contributed by atoms with van der Waals surface area (Å²) in [5, 5.41) is 4.71. The van der Waals surface area contributed by atoms with Crippen molar-refractivity contribution in [3.63, 3.8) is 0 Å². The van der Waals surface area contributed by atoms with Crippen LogP contribution in [0.2, 0.25) is 0 Å². The van der Waals surface area contributed by atoms with E-state index < -0.39 is 80.2 Å². The highest BCUT2D eigenvalue weighted by Gasteiger charge is 2.62. The zero-order valence-electron chi connectivity index (χ0n) is 30.3. The van der Waals surface area contributed by atoms with Gasteiger partial charge in [0.15, 0.2) is 11.5 Å². The Morgan fingerprint density at radius 3 is 2.53 bits per heavy atom. The van der Waals surface area contributed by atoms with Gasteiger partial charge in [0.1, 0.15) is 30.3 Å². The number of fused-ring (bicyclic) bond motifs is 3. The van der Waals surface area contributed by atoms with Gasteiger partial charge in [-0.25, -0.2) is 18.0 Å². The molecule has 1 saturated heterocycles. The summed E-state index contributed by atoms with van der Waals surface area (Å²) in [4.78, 5) is 71.3. The molecule has 1 unspecified atom stereocenters. The second-order valence-corrected chi connectivity index (χ2v) is 17.1. The summed E-state index contributed by atoms with van der Waals surface area (Å²) in [5.74, 6) is -1.84. The van der Waals surface area contributed by atoms with Gasteiger partial charge in [0.2, 0.25) is 21.8 Å². The zero-order chi connectivity index (χ0) is 38.3. The van der Waals surface area contributed by atoms with E-state index in [1.807, 2.05) is 6.07 Å². The van der Waals surface area contributed by atoms with Crippen molar-refractivity contribution >= 4 is 39.9 Å². The maximum Gasteiger partial charge on any atom is 0.410 e. The van der Waals surface area contributed by atoms with Crippen LogP contribution in [0, 0.1) is 11.3 Å². The number of cyclic esters (lactones) is 1. The number of benzene rings is 1.